The Bertz CT molecular complexity index is 680. The van der Waals surface area contributed by atoms with Crippen molar-refractivity contribution in [3.05, 3.63) is 41.9 Å². The highest BCUT2D eigenvalue weighted by Gasteiger charge is 2.28. The van der Waals surface area contributed by atoms with Crippen molar-refractivity contribution < 1.29 is 9.21 Å². The van der Waals surface area contributed by atoms with Crippen LogP contribution in [0.2, 0.25) is 0 Å². The van der Waals surface area contributed by atoms with Crippen molar-refractivity contribution in [1.29, 1.82) is 0 Å². The number of carbonyl (C=O) groups is 1. The van der Waals surface area contributed by atoms with Gasteiger partial charge in [0.05, 0.1) is 0 Å². The van der Waals surface area contributed by atoms with E-state index in [1.54, 1.807) is 0 Å². The van der Waals surface area contributed by atoms with Crippen LogP contribution < -0.4 is 10.6 Å². The second-order valence-corrected chi connectivity index (χ2v) is 6.64. The van der Waals surface area contributed by atoms with E-state index in [9.17, 15) is 4.79 Å². The molecule has 0 aliphatic carbocycles. The van der Waals surface area contributed by atoms with Crippen LogP contribution in [0.3, 0.4) is 0 Å². The summed E-state index contributed by atoms with van der Waals surface area (Å²) < 4.78 is 5.45. The zero-order valence-corrected chi connectivity index (χ0v) is 16.1. The van der Waals surface area contributed by atoms with Crippen molar-refractivity contribution in [2.75, 3.05) is 19.6 Å². The lowest BCUT2D eigenvalue weighted by Gasteiger charge is -2.34. The molecule has 1 aromatic carbocycles. The van der Waals surface area contributed by atoms with Crippen molar-refractivity contribution in [2.24, 2.45) is 5.41 Å². The van der Waals surface area contributed by atoms with Gasteiger partial charge in [-0.15, -0.1) is 24.8 Å². The summed E-state index contributed by atoms with van der Waals surface area (Å²) in [6.07, 6.45) is 3.46. The fourth-order valence-electron chi connectivity index (χ4n) is 2.90. The number of carbonyl (C=O) groups excluding carboxylic acids is 1. The van der Waals surface area contributed by atoms with Crippen molar-refractivity contribution in [2.45, 2.75) is 26.7 Å². The first-order valence-corrected chi connectivity index (χ1v) is 8.07. The molecule has 5 nitrogen and oxygen atoms in total. The number of benzene rings is 1. The number of nitrogens with zero attached hydrogens (tertiary/aromatic N) is 1. The first kappa shape index (κ1) is 21.5. The van der Waals surface area contributed by atoms with Gasteiger partial charge in [-0.1, -0.05) is 36.8 Å². The zero-order valence-electron chi connectivity index (χ0n) is 14.5. The summed E-state index contributed by atoms with van der Waals surface area (Å²) in [7, 11) is 0. The fraction of sp³-hybridized carbons (Fsp3) is 0.444. The van der Waals surface area contributed by atoms with Crippen molar-refractivity contribution in [3.63, 3.8) is 0 Å². The molecule has 1 aliphatic heterocycles. The Morgan fingerprint density at radius 3 is 2.52 bits per heavy atom. The Labute approximate surface area is 160 Å². The van der Waals surface area contributed by atoms with Gasteiger partial charge in [0.2, 0.25) is 0 Å². The summed E-state index contributed by atoms with van der Waals surface area (Å²) in [6, 6.07) is 7.88. The third-order valence-corrected chi connectivity index (χ3v) is 4.58. The van der Waals surface area contributed by atoms with Gasteiger partial charge in [-0.05, 0) is 38.3 Å². The molecule has 2 N–H and O–H groups in total. The molecule has 0 unspecified atom stereocenters. The molecule has 3 rings (SSSR count). The van der Waals surface area contributed by atoms with Crippen LogP contribution in [0.15, 0.2) is 35.1 Å². The number of hydrogen-bond donors (Lipinski definition) is 2. The normalized spacial score (nSPS) is 15.6. The van der Waals surface area contributed by atoms with Gasteiger partial charge in [-0.3, -0.25) is 4.79 Å². The van der Waals surface area contributed by atoms with E-state index >= 15 is 0 Å². The van der Waals surface area contributed by atoms with Crippen LogP contribution in [0.5, 0.6) is 0 Å². The quantitative estimate of drug-likeness (QED) is 0.843. The van der Waals surface area contributed by atoms with E-state index in [-0.39, 0.29) is 36.1 Å². The lowest BCUT2D eigenvalue weighted by molar-refractivity contribution is 0.0918. The minimum Gasteiger partial charge on any atom is -0.443 e. The summed E-state index contributed by atoms with van der Waals surface area (Å²) >= 11 is 0. The van der Waals surface area contributed by atoms with E-state index in [0.29, 0.717) is 18.0 Å². The lowest BCUT2D eigenvalue weighted by atomic mass is 9.81. The number of aryl methyl sites for hydroxylation is 1. The fourth-order valence-corrected chi connectivity index (χ4v) is 2.90. The molecule has 0 spiro atoms. The van der Waals surface area contributed by atoms with Crippen LogP contribution >= 0.6 is 24.8 Å². The van der Waals surface area contributed by atoms with E-state index < -0.39 is 0 Å². The number of rotatable bonds is 4. The molecule has 1 fully saturated rings. The van der Waals surface area contributed by atoms with Crippen molar-refractivity contribution >= 4 is 30.7 Å². The van der Waals surface area contributed by atoms with Crippen molar-refractivity contribution in [1.82, 2.24) is 15.6 Å². The van der Waals surface area contributed by atoms with Crippen LogP contribution in [0.4, 0.5) is 0 Å². The molecular formula is C18H25Cl2N3O2. The first-order chi connectivity index (χ1) is 11.1. The molecule has 7 heteroatoms. The molecule has 2 heterocycles. The zero-order chi connectivity index (χ0) is 16.3. The van der Waals surface area contributed by atoms with E-state index in [2.05, 4.69) is 22.5 Å². The van der Waals surface area contributed by atoms with Crippen LogP contribution in [0, 0.1) is 12.3 Å². The number of halogens is 2. The monoisotopic (exact) mass is 385 g/mol. The largest absolute Gasteiger partial charge is 0.443 e. The van der Waals surface area contributed by atoms with Gasteiger partial charge in [0.25, 0.3) is 5.91 Å². The van der Waals surface area contributed by atoms with Crippen LogP contribution in [-0.2, 0) is 0 Å². The highest BCUT2D eigenvalue weighted by molar-refractivity contribution is 5.97. The van der Waals surface area contributed by atoms with Gasteiger partial charge in [-0.25, -0.2) is 4.98 Å². The SMILES string of the molecule is Cc1ccc(-c2ocnc2C(=O)NCC2(C)CCNCC2)cc1.Cl.Cl. The number of piperidine rings is 1. The standard InChI is InChI=1S/C18H23N3O2.2ClH/c1-13-3-5-14(6-4-13)16-15(21-12-23-16)17(22)20-11-18(2)7-9-19-10-8-18;;/h3-6,12,19H,7-11H2,1-2H3,(H,20,22);2*1H. The summed E-state index contributed by atoms with van der Waals surface area (Å²) in [5.41, 5.74) is 2.53. The average molecular weight is 386 g/mol. The molecule has 0 radical (unpaired) electrons. The lowest BCUT2D eigenvalue weighted by Crippen LogP contribution is -2.43. The number of aromatic nitrogens is 1. The Kier molecular flexibility index (Phi) is 7.93. The second kappa shape index (κ2) is 9.22. The minimum absolute atomic E-state index is 0. The van der Waals surface area contributed by atoms with Crippen LogP contribution in [0.25, 0.3) is 11.3 Å². The Morgan fingerprint density at radius 1 is 1.24 bits per heavy atom. The summed E-state index contributed by atoms with van der Waals surface area (Å²) in [5.74, 6) is 0.354. The van der Waals surface area contributed by atoms with Gasteiger partial charge < -0.3 is 15.1 Å². The van der Waals surface area contributed by atoms with E-state index in [1.807, 2.05) is 31.2 Å². The van der Waals surface area contributed by atoms with Crippen LogP contribution in [0.1, 0.15) is 35.8 Å². The van der Waals surface area contributed by atoms with E-state index in [4.69, 9.17) is 4.42 Å². The van der Waals surface area contributed by atoms with Gasteiger partial charge in [-0.2, -0.15) is 0 Å². The van der Waals surface area contributed by atoms with Gasteiger partial charge in [0.15, 0.2) is 17.8 Å². The molecule has 0 bridgehead atoms. The molecular weight excluding hydrogens is 361 g/mol. The molecule has 1 saturated heterocycles. The smallest absolute Gasteiger partial charge is 0.273 e. The minimum atomic E-state index is -0.172. The maximum atomic E-state index is 12.5. The van der Waals surface area contributed by atoms with Crippen LogP contribution in [-0.4, -0.2) is 30.5 Å². The first-order valence-electron chi connectivity index (χ1n) is 8.07. The molecule has 0 saturated carbocycles. The Morgan fingerprint density at radius 2 is 1.88 bits per heavy atom. The topological polar surface area (TPSA) is 67.2 Å². The molecule has 2 aromatic rings. The van der Waals surface area contributed by atoms with E-state index in [1.165, 1.54) is 6.39 Å². The molecule has 0 atom stereocenters. The average Bonchev–Trinajstić information content (AvgIpc) is 3.04. The van der Waals surface area contributed by atoms with E-state index in [0.717, 1.165) is 37.1 Å². The molecule has 1 aliphatic rings. The molecule has 25 heavy (non-hydrogen) atoms. The number of hydrogen-bond acceptors (Lipinski definition) is 4. The predicted molar refractivity (Wildman–Crippen MR) is 104 cm³/mol. The summed E-state index contributed by atoms with van der Waals surface area (Å²) in [6.45, 7) is 6.92. The third-order valence-electron chi connectivity index (χ3n) is 4.58. The maximum Gasteiger partial charge on any atom is 0.273 e. The third kappa shape index (κ3) is 5.21. The van der Waals surface area contributed by atoms with Gasteiger partial charge >= 0.3 is 0 Å². The predicted octanol–water partition coefficient (Wildman–Crippen LogP) is 3.61. The molecule has 1 aromatic heterocycles. The number of oxazole rings is 1. The Hall–Kier alpha value is -1.56. The Balaban J connectivity index is 0.00000156. The number of nitrogens with one attached hydrogen (secondary N) is 2. The molecule has 1 amide bonds. The summed E-state index contributed by atoms with van der Waals surface area (Å²) in [4.78, 5) is 16.6. The van der Waals surface area contributed by atoms with Crippen molar-refractivity contribution in [3.8, 4) is 11.3 Å². The highest BCUT2D eigenvalue weighted by atomic mass is 35.5. The molecule has 138 valence electrons. The van der Waals surface area contributed by atoms with Gasteiger partial charge in [0, 0.05) is 12.1 Å². The van der Waals surface area contributed by atoms with Gasteiger partial charge in [0.1, 0.15) is 0 Å². The summed E-state index contributed by atoms with van der Waals surface area (Å²) in [5, 5.41) is 6.38. The highest BCUT2D eigenvalue weighted by Crippen LogP contribution is 2.27. The second-order valence-electron chi connectivity index (χ2n) is 6.64. The number of amides is 1. The maximum absolute atomic E-state index is 12.5.